The Morgan fingerprint density at radius 1 is 1.23 bits per heavy atom. The molecule has 1 unspecified atom stereocenters. The van der Waals surface area contributed by atoms with Gasteiger partial charge in [-0.15, -0.1) is 6.58 Å². The number of pyridine rings is 1. The van der Waals surface area contributed by atoms with Gasteiger partial charge in [0.15, 0.2) is 0 Å². The van der Waals surface area contributed by atoms with E-state index in [0.717, 1.165) is 5.56 Å². The van der Waals surface area contributed by atoms with E-state index in [1.54, 1.807) is 24.3 Å². The van der Waals surface area contributed by atoms with Gasteiger partial charge in [0.05, 0.1) is 11.0 Å². The number of nitrogens with zero attached hydrogens (tertiary/aromatic N) is 3. The Balaban J connectivity index is 2.10. The van der Waals surface area contributed by atoms with E-state index in [9.17, 15) is 14.9 Å². The molecule has 3 aromatic rings. The van der Waals surface area contributed by atoms with Gasteiger partial charge in [-0.1, -0.05) is 42.5 Å². The normalized spacial score (nSPS) is 11.8. The number of nitrogens with one attached hydrogen (secondary N) is 1. The summed E-state index contributed by atoms with van der Waals surface area (Å²) in [4.78, 5) is 27.7. The molecule has 1 N–H and O–H groups in total. The molecule has 0 bridgehead atoms. The summed E-state index contributed by atoms with van der Waals surface area (Å²) < 4.78 is 1.17. The lowest BCUT2D eigenvalue weighted by atomic mass is 10.0. The second-order valence-electron chi connectivity index (χ2n) is 5.77. The molecule has 26 heavy (non-hydrogen) atoms. The largest absolute Gasteiger partial charge is 0.376 e. The van der Waals surface area contributed by atoms with Crippen LogP contribution in [-0.4, -0.2) is 14.3 Å². The first-order chi connectivity index (χ1) is 12.6. The summed E-state index contributed by atoms with van der Waals surface area (Å²) in [6, 6.07) is 14.3. The highest BCUT2D eigenvalue weighted by molar-refractivity contribution is 5.60. The van der Waals surface area contributed by atoms with Gasteiger partial charge >= 0.3 is 11.2 Å². The number of nitro groups is 1. The maximum atomic E-state index is 12.5. The SMILES string of the molecule is C=CCCC(Nc1nc2ccccn2c(=O)c1[N+](=O)[O-])c1ccccc1. The summed E-state index contributed by atoms with van der Waals surface area (Å²) in [6.45, 7) is 3.73. The number of benzene rings is 1. The van der Waals surface area contributed by atoms with Crippen LogP contribution >= 0.6 is 0 Å². The lowest BCUT2D eigenvalue weighted by Crippen LogP contribution is -2.22. The summed E-state index contributed by atoms with van der Waals surface area (Å²) in [5, 5.41) is 14.6. The van der Waals surface area contributed by atoms with Crippen molar-refractivity contribution in [3.8, 4) is 0 Å². The monoisotopic (exact) mass is 350 g/mol. The van der Waals surface area contributed by atoms with Crippen LogP contribution in [0.5, 0.6) is 0 Å². The van der Waals surface area contributed by atoms with Crippen LogP contribution in [0.25, 0.3) is 5.65 Å². The Morgan fingerprint density at radius 3 is 2.65 bits per heavy atom. The molecule has 0 aliphatic heterocycles. The van der Waals surface area contributed by atoms with Gasteiger partial charge in [0, 0.05) is 6.20 Å². The van der Waals surface area contributed by atoms with E-state index in [1.165, 1.54) is 10.6 Å². The molecule has 0 amide bonds. The first kappa shape index (κ1) is 17.3. The Hall–Kier alpha value is -3.48. The van der Waals surface area contributed by atoms with E-state index in [2.05, 4.69) is 16.9 Å². The molecule has 0 fully saturated rings. The van der Waals surface area contributed by atoms with Crippen LogP contribution in [0, 0.1) is 10.1 Å². The summed E-state index contributed by atoms with van der Waals surface area (Å²) in [5.41, 5.74) is 0.0340. The minimum absolute atomic E-state index is 0.0240. The fourth-order valence-corrected chi connectivity index (χ4v) is 2.80. The zero-order valence-electron chi connectivity index (χ0n) is 14.0. The van der Waals surface area contributed by atoms with Gasteiger partial charge in [-0.05, 0) is 30.5 Å². The zero-order chi connectivity index (χ0) is 18.5. The predicted molar refractivity (Wildman–Crippen MR) is 100 cm³/mol. The molecule has 7 nitrogen and oxygen atoms in total. The average molecular weight is 350 g/mol. The number of rotatable bonds is 7. The third kappa shape index (κ3) is 3.46. The summed E-state index contributed by atoms with van der Waals surface area (Å²) in [7, 11) is 0. The van der Waals surface area contributed by atoms with Gasteiger partial charge in [0.1, 0.15) is 5.65 Å². The molecule has 1 atom stereocenters. The Labute approximate surface area is 149 Å². The second-order valence-corrected chi connectivity index (χ2v) is 5.77. The van der Waals surface area contributed by atoms with Gasteiger partial charge in [0.2, 0.25) is 5.82 Å². The smallest absolute Gasteiger partial charge is 0.357 e. The van der Waals surface area contributed by atoms with Gasteiger partial charge in [0.25, 0.3) is 0 Å². The molecule has 2 heterocycles. The molecule has 0 aliphatic rings. The van der Waals surface area contributed by atoms with E-state index in [-0.39, 0.29) is 11.9 Å². The second kappa shape index (κ2) is 7.60. The van der Waals surface area contributed by atoms with E-state index in [0.29, 0.717) is 18.5 Å². The fourth-order valence-electron chi connectivity index (χ4n) is 2.80. The first-order valence-electron chi connectivity index (χ1n) is 8.20. The minimum Gasteiger partial charge on any atom is -0.357 e. The molecule has 0 radical (unpaired) electrons. The van der Waals surface area contributed by atoms with Crippen LogP contribution in [0.3, 0.4) is 0 Å². The summed E-state index contributed by atoms with van der Waals surface area (Å²) in [5.74, 6) is -0.0240. The maximum Gasteiger partial charge on any atom is 0.376 e. The van der Waals surface area contributed by atoms with Crippen molar-refractivity contribution >= 4 is 17.2 Å². The van der Waals surface area contributed by atoms with Crippen molar-refractivity contribution in [3.63, 3.8) is 0 Å². The maximum absolute atomic E-state index is 12.5. The van der Waals surface area contributed by atoms with Gasteiger partial charge < -0.3 is 5.32 Å². The number of aromatic nitrogens is 2. The molecular formula is C19H18N4O3. The van der Waals surface area contributed by atoms with E-state index in [1.807, 2.05) is 30.3 Å². The quantitative estimate of drug-likeness (QED) is 0.398. The Kier molecular flexibility index (Phi) is 5.07. The van der Waals surface area contributed by atoms with Crippen molar-refractivity contribution in [1.82, 2.24) is 9.38 Å². The fraction of sp³-hybridized carbons (Fsp3) is 0.158. The average Bonchev–Trinajstić information content (AvgIpc) is 2.65. The van der Waals surface area contributed by atoms with Crippen molar-refractivity contribution in [2.24, 2.45) is 0 Å². The van der Waals surface area contributed by atoms with Crippen molar-refractivity contribution in [1.29, 1.82) is 0 Å². The molecule has 1 aromatic carbocycles. The molecule has 0 saturated carbocycles. The van der Waals surface area contributed by atoms with Crippen molar-refractivity contribution in [2.75, 3.05) is 5.32 Å². The molecule has 2 aromatic heterocycles. The van der Waals surface area contributed by atoms with Gasteiger partial charge in [-0.25, -0.2) is 4.98 Å². The highest BCUT2D eigenvalue weighted by atomic mass is 16.6. The summed E-state index contributed by atoms with van der Waals surface area (Å²) >= 11 is 0. The van der Waals surface area contributed by atoms with E-state index in [4.69, 9.17) is 0 Å². The number of fused-ring (bicyclic) bond motifs is 1. The van der Waals surface area contributed by atoms with E-state index < -0.39 is 16.2 Å². The standard InChI is InChI=1S/C19H18N4O3/c1-2-3-11-15(14-9-5-4-6-10-14)20-18-17(23(25)26)19(24)22-13-8-7-12-16(22)21-18/h2,4-10,12-13,15,20H,1,3,11H2. The van der Waals surface area contributed by atoms with Crippen LogP contribution in [0.4, 0.5) is 11.5 Å². The molecule has 3 rings (SSSR count). The lowest BCUT2D eigenvalue weighted by Gasteiger charge is -2.19. The van der Waals surface area contributed by atoms with Gasteiger partial charge in [-0.3, -0.25) is 19.3 Å². The molecule has 132 valence electrons. The molecule has 0 saturated heterocycles. The number of allylic oxidation sites excluding steroid dienone is 1. The number of hydrogen-bond acceptors (Lipinski definition) is 5. The van der Waals surface area contributed by atoms with Crippen LogP contribution in [0.15, 0.2) is 72.2 Å². The highest BCUT2D eigenvalue weighted by Crippen LogP contribution is 2.27. The zero-order valence-corrected chi connectivity index (χ0v) is 14.0. The van der Waals surface area contributed by atoms with Crippen molar-refractivity contribution < 1.29 is 4.92 Å². The first-order valence-corrected chi connectivity index (χ1v) is 8.20. The predicted octanol–water partition coefficient (Wildman–Crippen LogP) is 3.72. The third-order valence-electron chi connectivity index (χ3n) is 4.07. The topological polar surface area (TPSA) is 89.5 Å². The molecule has 7 heteroatoms. The Morgan fingerprint density at radius 2 is 1.96 bits per heavy atom. The molecular weight excluding hydrogens is 332 g/mol. The number of hydrogen-bond donors (Lipinski definition) is 1. The van der Waals surface area contributed by atoms with Gasteiger partial charge in [-0.2, -0.15) is 0 Å². The number of anilines is 1. The van der Waals surface area contributed by atoms with Crippen LogP contribution in [-0.2, 0) is 0 Å². The molecule has 0 spiro atoms. The third-order valence-corrected chi connectivity index (χ3v) is 4.07. The molecule has 0 aliphatic carbocycles. The highest BCUT2D eigenvalue weighted by Gasteiger charge is 2.25. The van der Waals surface area contributed by atoms with Crippen molar-refractivity contribution in [3.05, 3.63) is 93.4 Å². The van der Waals surface area contributed by atoms with Crippen LogP contribution < -0.4 is 10.9 Å². The lowest BCUT2D eigenvalue weighted by molar-refractivity contribution is -0.385. The van der Waals surface area contributed by atoms with Crippen LogP contribution in [0.2, 0.25) is 0 Å². The summed E-state index contributed by atoms with van der Waals surface area (Å²) in [6.07, 6.45) is 4.63. The van der Waals surface area contributed by atoms with Crippen LogP contribution in [0.1, 0.15) is 24.4 Å². The van der Waals surface area contributed by atoms with E-state index >= 15 is 0 Å². The minimum atomic E-state index is -0.710. The van der Waals surface area contributed by atoms with Crippen molar-refractivity contribution in [2.45, 2.75) is 18.9 Å². The Bertz CT molecular complexity index is 999.